The van der Waals surface area contributed by atoms with E-state index in [0.29, 0.717) is 30.2 Å². The lowest BCUT2D eigenvalue weighted by molar-refractivity contribution is -0.672. The second kappa shape index (κ2) is 23.8. The van der Waals surface area contributed by atoms with Crippen molar-refractivity contribution >= 4 is 17.7 Å². The van der Waals surface area contributed by atoms with E-state index in [1.807, 2.05) is 50.0 Å². The Morgan fingerprint density at radius 2 is 1.18 bits per heavy atom. The highest BCUT2D eigenvalue weighted by Gasteiger charge is 2.43. The van der Waals surface area contributed by atoms with Gasteiger partial charge in [0.25, 0.3) is 0 Å². The maximum Gasteiger partial charge on any atom is 0.336 e. The predicted octanol–water partition coefficient (Wildman–Crippen LogP) is 9.89. The van der Waals surface area contributed by atoms with Gasteiger partial charge in [-0.15, -0.1) is 0 Å². The zero-order chi connectivity index (χ0) is 32.7. The van der Waals surface area contributed by atoms with E-state index in [1.165, 1.54) is 103 Å². The Balaban J connectivity index is 1.90. The fourth-order valence-electron chi connectivity index (χ4n) is 6.45. The zero-order valence-corrected chi connectivity index (χ0v) is 29.5. The number of allylic oxidation sites excluding steroid dienone is 1. The highest BCUT2D eigenvalue weighted by atomic mass is 16.5. The van der Waals surface area contributed by atoms with E-state index < -0.39 is 11.8 Å². The Labute approximate surface area is 275 Å². The molecule has 0 bridgehead atoms. The predicted molar refractivity (Wildman–Crippen MR) is 185 cm³/mol. The molecule has 2 unspecified atom stereocenters. The Morgan fingerprint density at radius 1 is 0.711 bits per heavy atom. The SMILES string of the molecule is CCCCCCCCCCCCOC(=O)C1=C(C)N=C(C)C(C(=O)OCCCCCCCCCCCC)C1c1ccc[n+](C)c1. The molecule has 6 heteroatoms. The van der Waals surface area contributed by atoms with Crippen molar-refractivity contribution in [2.45, 2.75) is 162 Å². The standard InChI is InChI=1S/C39H65N2O4/c1-6-8-10-12-14-16-18-20-22-24-29-44-38(42)35-32(3)40-33(4)36(37(35)34-27-26-28-41(5)31-34)39(43)45-30-25-23-21-19-17-15-13-11-9-7-2/h26-28,31,35,37H,6-25,29-30H2,1-5H3/q+1. The molecule has 1 aromatic rings. The monoisotopic (exact) mass is 625 g/mol. The summed E-state index contributed by atoms with van der Waals surface area (Å²) in [4.78, 5) is 31.8. The molecule has 45 heavy (non-hydrogen) atoms. The van der Waals surface area contributed by atoms with Crippen LogP contribution in [0.4, 0.5) is 0 Å². The number of aromatic nitrogens is 1. The van der Waals surface area contributed by atoms with Crippen LogP contribution in [0.1, 0.15) is 168 Å². The van der Waals surface area contributed by atoms with Crippen molar-refractivity contribution in [1.82, 2.24) is 0 Å². The van der Waals surface area contributed by atoms with Gasteiger partial charge < -0.3 is 9.47 Å². The van der Waals surface area contributed by atoms with Crippen LogP contribution < -0.4 is 4.57 Å². The fraction of sp³-hybridized carbons (Fsp3) is 0.744. The molecule has 2 heterocycles. The summed E-state index contributed by atoms with van der Waals surface area (Å²) in [5, 5.41) is 0. The molecule has 0 aromatic carbocycles. The minimum absolute atomic E-state index is 0.309. The Bertz CT molecular complexity index is 1050. The molecule has 0 spiro atoms. The average molecular weight is 626 g/mol. The first-order valence-corrected chi connectivity index (χ1v) is 18.5. The highest BCUT2D eigenvalue weighted by molar-refractivity contribution is 6.06. The Morgan fingerprint density at radius 3 is 1.67 bits per heavy atom. The van der Waals surface area contributed by atoms with Crippen LogP contribution in [0.5, 0.6) is 0 Å². The van der Waals surface area contributed by atoms with Gasteiger partial charge in [0.2, 0.25) is 0 Å². The molecule has 0 radical (unpaired) electrons. The lowest BCUT2D eigenvalue weighted by Crippen LogP contribution is -2.38. The number of pyridine rings is 1. The van der Waals surface area contributed by atoms with Crippen LogP contribution in [0.3, 0.4) is 0 Å². The smallest absolute Gasteiger partial charge is 0.336 e. The first-order chi connectivity index (χ1) is 21.9. The summed E-state index contributed by atoms with van der Waals surface area (Å²) in [6, 6.07) is 3.93. The molecule has 0 fully saturated rings. The number of carbonyl (C=O) groups excluding carboxylic acids is 2. The number of rotatable bonds is 25. The maximum absolute atomic E-state index is 13.6. The van der Waals surface area contributed by atoms with E-state index >= 15 is 0 Å². The van der Waals surface area contributed by atoms with Crippen molar-refractivity contribution in [2.75, 3.05) is 13.2 Å². The summed E-state index contributed by atoms with van der Waals surface area (Å²) in [5.74, 6) is -1.82. The van der Waals surface area contributed by atoms with E-state index in [2.05, 4.69) is 18.8 Å². The van der Waals surface area contributed by atoms with Crippen molar-refractivity contribution in [3.05, 3.63) is 41.4 Å². The van der Waals surface area contributed by atoms with Gasteiger partial charge >= 0.3 is 11.9 Å². The molecule has 6 nitrogen and oxygen atoms in total. The normalized spacial score (nSPS) is 16.5. The number of unbranched alkanes of at least 4 members (excludes halogenated alkanes) is 18. The van der Waals surface area contributed by atoms with E-state index in [0.717, 1.165) is 31.2 Å². The van der Waals surface area contributed by atoms with Gasteiger partial charge in [0.1, 0.15) is 13.0 Å². The highest BCUT2D eigenvalue weighted by Crippen LogP contribution is 2.39. The topological polar surface area (TPSA) is 68.8 Å². The van der Waals surface area contributed by atoms with Crippen LogP contribution >= 0.6 is 0 Å². The van der Waals surface area contributed by atoms with Crippen LogP contribution in [-0.2, 0) is 26.1 Å². The summed E-state index contributed by atoms with van der Waals surface area (Å²) < 4.78 is 13.6. The van der Waals surface area contributed by atoms with Crippen LogP contribution in [0.25, 0.3) is 0 Å². The van der Waals surface area contributed by atoms with E-state index in [-0.39, 0.29) is 11.9 Å². The molecular weight excluding hydrogens is 560 g/mol. The molecule has 1 aliphatic heterocycles. The molecule has 254 valence electrons. The number of aryl methyl sites for hydroxylation is 1. The number of esters is 2. The minimum Gasteiger partial charge on any atom is -0.465 e. The quantitative estimate of drug-likeness (QED) is 0.0616. The Hall–Kier alpha value is -2.50. The van der Waals surface area contributed by atoms with Gasteiger partial charge in [-0.1, -0.05) is 129 Å². The number of hydrogen-bond acceptors (Lipinski definition) is 5. The number of hydrogen-bond donors (Lipinski definition) is 0. The first-order valence-electron chi connectivity index (χ1n) is 18.5. The molecule has 0 aliphatic carbocycles. The van der Waals surface area contributed by atoms with Gasteiger partial charge in [-0.2, -0.15) is 0 Å². The van der Waals surface area contributed by atoms with Gasteiger partial charge in [-0.05, 0) is 32.8 Å². The molecule has 2 atom stereocenters. The van der Waals surface area contributed by atoms with Crippen LogP contribution in [0, 0.1) is 5.92 Å². The molecular formula is C39H65N2O4+. The second-order valence-electron chi connectivity index (χ2n) is 13.2. The van der Waals surface area contributed by atoms with Gasteiger partial charge in [-0.3, -0.25) is 9.79 Å². The third-order valence-corrected chi connectivity index (χ3v) is 9.10. The van der Waals surface area contributed by atoms with Crippen LogP contribution in [0.15, 0.2) is 40.8 Å². The van der Waals surface area contributed by atoms with Crippen molar-refractivity contribution in [1.29, 1.82) is 0 Å². The molecule has 0 N–H and O–H groups in total. The lowest BCUT2D eigenvalue weighted by atomic mass is 9.76. The molecule has 0 amide bonds. The maximum atomic E-state index is 13.6. The summed E-state index contributed by atoms with van der Waals surface area (Å²) in [5.41, 5.74) is 2.67. The largest absolute Gasteiger partial charge is 0.465 e. The van der Waals surface area contributed by atoms with Crippen molar-refractivity contribution < 1.29 is 23.6 Å². The third kappa shape index (κ3) is 15.1. The number of nitrogens with zero attached hydrogens (tertiary/aromatic N) is 2. The average Bonchev–Trinajstić information content (AvgIpc) is 3.01. The first kappa shape index (κ1) is 38.7. The summed E-state index contributed by atoms with van der Waals surface area (Å²) >= 11 is 0. The summed E-state index contributed by atoms with van der Waals surface area (Å²) in [7, 11) is 1.95. The van der Waals surface area contributed by atoms with E-state index in [1.54, 1.807) is 0 Å². The third-order valence-electron chi connectivity index (χ3n) is 9.10. The van der Waals surface area contributed by atoms with Gasteiger partial charge in [0.05, 0.1) is 18.8 Å². The van der Waals surface area contributed by atoms with Crippen LogP contribution in [-0.4, -0.2) is 30.9 Å². The fourth-order valence-corrected chi connectivity index (χ4v) is 6.45. The van der Waals surface area contributed by atoms with Crippen molar-refractivity contribution in [3.63, 3.8) is 0 Å². The van der Waals surface area contributed by atoms with Crippen molar-refractivity contribution in [3.8, 4) is 0 Å². The second-order valence-corrected chi connectivity index (χ2v) is 13.2. The lowest BCUT2D eigenvalue weighted by Gasteiger charge is -2.31. The van der Waals surface area contributed by atoms with Gasteiger partial charge in [-0.25, -0.2) is 9.36 Å². The van der Waals surface area contributed by atoms with Gasteiger partial charge in [0.15, 0.2) is 12.4 Å². The molecule has 1 aliphatic rings. The summed E-state index contributed by atoms with van der Waals surface area (Å²) in [6.45, 7) is 9.01. The molecule has 1 aromatic heterocycles. The summed E-state index contributed by atoms with van der Waals surface area (Å²) in [6.07, 6.45) is 28.5. The zero-order valence-electron chi connectivity index (χ0n) is 29.5. The number of carbonyl (C=O) groups is 2. The van der Waals surface area contributed by atoms with Gasteiger partial charge in [0, 0.05) is 29.0 Å². The molecule has 2 rings (SSSR count). The number of aliphatic imine (C=N–C) groups is 1. The minimum atomic E-state index is -0.654. The Kier molecular flexibility index (Phi) is 20.4. The van der Waals surface area contributed by atoms with Crippen molar-refractivity contribution in [2.24, 2.45) is 18.0 Å². The van der Waals surface area contributed by atoms with Crippen LogP contribution in [0.2, 0.25) is 0 Å². The molecule has 0 saturated heterocycles. The molecule has 0 saturated carbocycles. The number of ether oxygens (including phenoxy) is 2. The van der Waals surface area contributed by atoms with E-state index in [4.69, 9.17) is 9.47 Å². The van der Waals surface area contributed by atoms with E-state index in [9.17, 15) is 9.59 Å².